The average Bonchev–Trinajstić information content (AvgIpc) is 2.27. The first-order valence-electron chi connectivity index (χ1n) is 6.54. The molecule has 1 rings (SSSR count). The molecule has 0 aliphatic carbocycles. The number of nitrogens with two attached hydrogens (primary N) is 1. The number of carbonyl (C=O) groups is 1. The monoisotopic (exact) mass is 312 g/mol. The summed E-state index contributed by atoms with van der Waals surface area (Å²) >= 11 is 0. The molecular formula is C12H25ClN2O3S. The third-order valence-corrected chi connectivity index (χ3v) is 4.41. The number of sulfone groups is 1. The number of halogens is 1. The van der Waals surface area contributed by atoms with Gasteiger partial charge in [-0.05, 0) is 32.6 Å². The lowest BCUT2D eigenvalue weighted by atomic mass is 9.96. The fourth-order valence-electron chi connectivity index (χ4n) is 2.44. The van der Waals surface area contributed by atoms with Gasteiger partial charge >= 0.3 is 0 Å². The second-order valence-corrected chi connectivity index (χ2v) is 7.50. The molecule has 1 amide bonds. The smallest absolute Gasteiger partial charge is 0.222 e. The predicted molar refractivity (Wildman–Crippen MR) is 79.2 cm³/mol. The summed E-state index contributed by atoms with van der Waals surface area (Å²) < 4.78 is 22.0. The molecule has 0 aromatic rings. The van der Waals surface area contributed by atoms with Crippen LogP contribution in [0.1, 0.15) is 39.0 Å². The Morgan fingerprint density at radius 2 is 2.05 bits per heavy atom. The van der Waals surface area contributed by atoms with Gasteiger partial charge in [0.25, 0.3) is 0 Å². The Morgan fingerprint density at radius 3 is 2.58 bits per heavy atom. The molecule has 0 saturated carbocycles. The molecule has 0 radical (unpaired) electrons. The zero-order valence-electron chi connectivity index (χ0n) is 11.7. The van der Waals surface area contributed by atoms with Crippen molar-refractivity contribution >= 4 is 28.2 Å². The second kappa shape index (κ2) is 8.07. The maximum Gasteiger partial charge on any atom is 0.222 e. The molecule has 5 nitrogen and oxygen atoms in total. The molecule has 2 atom stereocenters. The van der Waals surface area contributed by atoms with E-state index >= 15 is 0 Å². The minimum atomic E-state index is -2.98. The number of carbonyl (C=O) groups excluding carboxylic acids is 1. The van der Waals surface area contributed by atoms with Crippen molar-refractivity contribution < 1.29 is 13.2 Å². The number of hydrogen-bond donors (Lipinski definition) is 1. The van der Waals surface area contributed by atoms with Crippen LogP contribution in [0.2, 0.25) is 0 Å². The van der Waals surface area contributed by atoms with Gasteiger partial charge in [0.05, 0.1) is 5.75 Å². The molecule has 1 fully saturated rings. The SMILES string of the molecule is CC(N)C1CCCCN1C(=O)CCCS(C)(=O)=O.Cl. The number of nitrogens with zero attached hydrogens (tertiary/aromatic N) is 1. The lowest BCUT2D eigenvalue weighted by Crippen LogP contribution is -2.51. The van der Waals surface area contributed by atoms with Gasteiger partial charge in [-0.2, -0.15) is 0 Å². The highest BCUT2D eigenvalue weighted by atomic mass is 35.5. The van der Waals surface area contributed by atoms with Crippen LogP contribution < -0.4 is 5.73 Å². The fourth-order valence-corrected chi connectivity index (χ4v) is 3.11. The maximum absolute atomic E-state index is 12.1. The van der Waals surface area contributed by atoms with E-state index < -0.39 is 9.84 Å². The van der Waals surface area contributed by atoms with Crippen molar-refractivity contribution in [1.29, 1.82) is 0 Å². The average molecular weight is 313 g/mol. The third-order valence-electron chi connectivity index (χ3n) is 3.38. The molecule has 1 heterocycles. The fraction of sp³-hybridized carbons (Fsp3) is 0.917. The summed E-state index contributed by atoms with van der Waals surface area (Å²) in [7, 11) is -2.98. The molecule has 1 aliphatic rings. The lowest BCUT2D eigenvalue weighted by Gasteiger charge is -2.38. The normalized spacial score (nSPS) is 21.6. The van der Waals surface area contributed by atoms with Crippen LogP contribution in [0, 0.1) is 0 Å². The largest absolute Gasteiger partial charge is 0.338 e. The van der Waals surface area contributed by atoms with Gasteiger partial charge in [0, 0.05) is 31.3 Å². The van der Waals surface area contributed by atoms with Gasteiger partial charge in [-0.3, -0.25) is 4.79 Å². The second-order valence-electron chi connectivity index (χ2n) is 5.24. The molecule has 0 spiro atoms. The minimum Gasteiger partial charge on any atom is -0.338 e. The molecule has 1 aliphatic heterocycles. The Bertz CT molecular complexity index is 384. The number of rotatable bonds is 5. The van der Waals surface area contributed by atoms with Crippen molar-refractivity contribution in [2.75, 3.05) is 18.6 Å². The van der Waals surface area contributed by atoms with Gasteiger partial charge in [0.1, 0.15) is 9.84 Å². The summed E-state index contributed by atoms with van der Waals surface area (Å²) in [5.41, 5.74) is 5.90. The summed E-state index contributed by atoms with van der Waals surface area (Å²) in [6, 6.07) is 0.0913. The Morgan fingerprint density at radius 1 is 1.42 bits per heavy atom. The molecule has 7 heteroatoms. The van der Waals surface area contributed by atoms with Crippen LogP contribution >= 0.6 is 12.4 Å². The van der Waals surface area contributed by atoms with E-state index in [0.29, 0.717) is 12.8 Å². The van der Waals surface area contributed by atoms with Gasteiger partial charge in [-0.25, -0.2) is 8.42 Å². The van der Waals surface area contributed by atoms with Crippen LogP contribution in [0.15, 0.2) is 0 Å². The van der Waals surface area contributed by atoms with Gasteiger partial charge < -0.3 is 10.6 Å². The van der Waals surface area contributed by atoms with Gasteiger partial charge in [-0.1, -0.05) is 0 Å². The Kier molecular flexibility index (Phi) is 7.93. The summed E-state index contributed by atoms with van der Waals surface area (Å²) in [5.74, 6) is 0.121. The van der Waals surface area contributed by atoms with E-state index in [2.05, 4.69) is 0 Å². The Balaban J connectivity index is 0.00000324. The Hall–Kier alpha value is -0.330. The van der Waals surface area contributed by atoms with E-state index in [9.17, 15) is 13.2 Å². The highest BCUT2D eigenvalue weighted by Crippen LogP contribution is 2.20. The third kappa shape index (κ3) is 6.58. The van der Waals surface area contributed by atoms with Crippen molar-refractivity contribution in [3.8, 4) is 0 Å². The van der Waals surface area contributed by atoms with Gasteiger partial charge in [-0.15, -0.1) is 12.4 Å². The molecule has 2 N–H and O–H groups in total. The zero-order chi connectivity index (χ0) is 13.8. The molecule has 19 heavy (non-hydrogen) atoms. The highest BCUT2D eigenvalue weighted by Gasteiger charge is 2.28. The van der Waals surface area contributed by atoms with E-state index in [0.717, 1.165) is 25.8 Å². The first-order valence-corrected chi connectivity index (χ1v) is 8.60. The quantitative estimate of drug-likeness (QED) is 0.820. The van der Waals surface area contributed by atoms with Crippen molar-refractivity contribution in [2.24, 2.45) is 5.73 Å². The molecule has 0 aromatic heterocycles. The number of hydrogen-bond acceptors (Lipinski definition) is 4. The standard InChI is InChI=1S/C12H24N2O3S.ClH/c1-10(13)11-6-3-4-8-14(11)12(15)7-5-9-18(2,16)17;/h10-11H,3-9,13H2,1-2H3;1H. The van der Waals surface area contributed by atoms with Crippen molar-refractivity contribution in [3.63, 3.8) is 0 Å². The lowest BCUT2D eigenvalue weighted by molar-refractivity contribution is -0.135. The summed E-state index contributed by atoms with van der Waals surface area (Å²) in [6.07, 6.45) is 4.98. The predicted octanol–water partition coefficient (Wildman–Crippen LogP) is 0.961. The minimum absolute atomic E-state index is 0. The molecule has 114 valence electrons. The molecule has 0 bridgehead atoms. The topological polar surface area (TPSA) is 80.5 Å². The van der Waals surface area contributed by atoms with Gasteiger partial charge in [0.2, 0.25) is 5.91 Å². The maximum atomic E-state index is 12.1. The first-order chi connectivity index (χ1) is 8.31. The first kappa shape index (κ1) is 18.7. The summed E-state index contributed by atoms with van der Waals surface area (Å²) in [4.78, 5) is 13.9. The van der Waals surface area contributed by atoms with Crippen molar-refractivity contribution in [1.82, 2.24) is 4.90 Å². The Labute approximate surface area is 122 Å². The summed E-state index contributed by atoms with van der Waals surface area (Å²) in [5, 5.41) is 0. The van der Waals surface area contributed by atoms with Crippen LogP contribution in [0.5, 0.6) is 0 Å². The number of amides is 1. The van der Waals surface area contributed by atoms with Crippen LogP contribution in [0.4, 0.5) is 0 Å². The van der Waals surface area contributed by atoms with E-state index in [1.807, 2.05) is 11.8 Å². The van der Waals surface area contributed by atoms with E-state index in [4.69, 9.17) is 5.73 Å². The highest BCUT2D eigenvalue weighted by molar-refractivity contribution is 7.90. The van der Waals surface area contributed by atoms with Crippen LogP contribution in [0.25, 0.3) is 0 Å². The van der Waals surface area contributed by atoms with E-state index in [1.165, 1.54) is 6.26 Å². The van der Waals surface area contributed by atoms with Gasteiger partial charge in [0.15, 0.2) is 0 Å². The van der Waals surface area contributed by atoms with E-state index in [1.54, 1.807) is 0 Å². The van der Waals surface area contributed by atoms with Crippen LogP contribution in [-0.2, 0) is 14.6 Å². The van der Waals surface area contributed by atoms with E-state index in [-0.39, 0.29) is 36.2 Å². The number of piperidine rings is 1. The summed E-state index contributed by atoms with van der Waals surface area (Å²) in [6.45, 7) is 2.68. The van der Waals surface area contributed by atoms with Crippen molar-refractivity contribution in [2.45, 2.75) is 51.1 Å². The number of likely N-dealkylation sites (tertiary alicyclic amines) is 1. The van der Waals surface area contributed by atoms with Crippen LogP contribution in [-0.4, -0.2) is 49.9 Å². The molecule has 2 unspecified atom stereocenters. The zero-order valence-corrected chi connectivity index (χ0v) is 13.3. The van der Waals surface area contributed by atoms with Crippen LogP contribution in [0.3, 0.4) is 0 Å². The molecule has 1 saturated heterocycles. The molecule has 0 aromatic carbocycles. The molecular weight excluding hydrogens is 288 g/mol. The van der Waals surface area contributed by atoms with Crippen molar-refractivity contribution in [3.05, 3.63) is 0 Å².